The van der Waals surface area contributed by atoms with Crippen molar-refractivity contribution in [1.82, 2.24) is 0 Å². The lowest BCUT2D eigenvalue weighted by Gasteiger charge is -2.00. The molecule has 0 radical (unpaired) electrons. The van der Waals surface area contributed by atoms with Gasteiger partial charge in [0.2, 0.25) is 0 Å². The van der Waals surface area contributed by atoms with Crippen molar-refractivity contribution < 1.29 is 13.2 Å². The van der Waals surface area contributed by atoms with Crippen LogP contribution in [0.15, 0.2) is 11.7 Å². The molecular weight excluding hydrogens is 153 g/mol. The maximum Gasteiger partial charge on any atom is 0.163 e. The van der Waals surface area contributed by atoms with Gasteiger partial charge in [0.15, 0.2) is 5.83 Å². The van der Waals surface area contributed by atoms with Crippen molar-refractivity contribution in [2.45, 2.75) is 20.3 Å². The van der Waals surface area contributed by atoms with Crippen molar-refractivity contribution >= 4 is 0 Å². The smallest absolute Gasteiger partial charge is 0.163 e. The molecule has 0 aromatic carbocycles. The lowest BCUT2D eigenvalue weighted by molar-refractivity contribution is 0.401. The van der Waals surface area contributed by atoms with Crippen LogP contribution >= 0.6 is 0 Å². The molecule has 1 unspecified atom stereocenters. The zero-order valence-electron chi connectivity index (χ0n) is 6.63. The summed E-state index contributed by atoms with van der Waals surface area (Å²) in [6.07, 6.45) is 0.617. The average Bonchev–Trinajstić information content (AvgIpc) is 2.56. The number of allylic oxidation sites excluding steroid dienone is 2. The van der Waals surface area contributed by atoms with Crippen LogP contribution in [0.3, 0.4) is 0 Å². The molecule has 1 atom stereocenters. The first-order chi connectivity index (χ1) is 4.99. The molecule has 0 bridgehead atoms. The third-order valence-corrected chi connectivity index (χ3v) is 2.20. The van der Waals surface area contributed by atoms with Crippen LogP contribution in [0.1, 0.15) is 20.3 Å². The van der Waals surface area contributed by atoms with Gasteiger partial charge in [-0.05, 0) is 11.8 Å². The highest BCUT2D eigenvalue weighted by atomic mass is 19.2. The van der Waals surface area contributed by atoms with E-state index in [1.807, 2.05) is 13.8 Å². The second kappa shape index (κ2) is 2.54. The van der Waals surface area contributed by atoms with Gasteiger partial charge in [0.25, 0.3) is 0 Å². The standard InChI is InChI=1S/C8H11F3/c1-8(2)3-5(8)7(11)6(10)4-9/h5H,3-4H2,1-2H3/b7-6+. The third-order valence-electron chi connectivity index (χ3n) is 2.20. The molecule has 0 N–H and O–H groups in total. The van der Waals surface area contributed by atoms with Crippen LogP contribution in [0.5, 0.6) is 0 Å². The molecule has 0 saturated heterocycles. The molecule has 1 aliphatic rings. The van der Waals surface area contributed by atoms with Crippen molar-refractivity contribution in [2.75, 3.05) is 6.67 Å². The lowest BCUT2D eigenvalue weighted by Crippen LogP contribution is -1.93. The summed E-state index contributed by atoms with van der Waals surface area (Å²) < 4.78 is 36.6. The predicted molar refractivity (Wildman–Crippen MR) is 37.1 cm³/mol. The molecule has 1 fully saturated rings. The molecular formula is C8H11F3. The Morgan fingerprint density at radius 3 is 2.18 bits per heavy atom. The van der Waals surface area contributed by atoms with E-state index >= 15 is 0 Å². The highest BCUT2D eigenvalue weighted by Gasteiger charge is 2.49. The maximum atomic E-state index is 12.7. The summed E-state index contributed by atoms with van der Waals surface area (Å²) in [5.41, 5.74) is -0.170. The van der Waals surface area contributed by atoms with E-state index in [4.69, 9.17) is 0 Å². The van der Waals surface area contributed by atoms with Gasteiger partial charge < -0.3 is 0 Å². The Morgan fingerprint density at radius 1 is 1.45 bits per heavy atom. The van der Waals surface area contributed by atoms with Crippen LogP contribution in [0.25, 0.3) is 0 Å². The van der Waals surface area contributed by atoms with Crippen molar-refractivity contribution in [3.8, 4) is 0 Å². The summed E-state index contributed by atoms with van der Waals surface area (Å²) in [6.45, 7) is 2.35. The van der Waals surface area contributed by atoms with Crippen LogP contribution in [0.2, 0.25) is 0 Å². The normalized spacial score (nSPS) is 29.7. The van der Waals surface area contributed by atoms with E-state index in [2.05, 4.69) is 0 Å². The Kier molecular flexibility index (Phi) is 1.99. The summed E-state index contributed by atoms with van der Waals surface area (Å²) in [4.78, 5) is 0. The van der Waals surface area contributed by atoms with Crippen molar-refractivity contribution in [2.24, 2.45) is 11.3 Å². The summed E-state index contributed by atoms with van der Waals surface area (Å²) in [7, 11) is 0. The zero-order valence-corrected chi connectivity index (χ0v) is 6.63. The second-order valence-electron chi connectivity index (χ2n) is 3.63. The Labute approximate surface area is 64.1 Å². The van der Waals surface area contributed by atoms with Gasteiger partial charge >= 0.3 is 0 Å². The Bertz CT molecular complexity index is 194. The molecule has 0 aliphatic heterocycles. The fourth-order valence-electron chi connectivity index (χ4n) is 1.15. The van der Waals surface area contributed by atoms with E-state index in [9.17, 15) is 13.2 Å². The molecule has 1 aliphatic carbocycles. The van der Waals surface area contributed by atoms with Gasteiger partial charge in [0.1, 0.15) is 12.5 Å². The summed E-state index contributed by atoms with van der Waals surface area (Å²) in [5, 5.41) is 0. The molecule has 0 aromatic rings. The first-order valence-corrected chi connectivity index (χ1v) is 3.59. The largest absolute Gasteiger partial charge is 0.243 e. The van der Waals surface area contributed by atoms with Gasteiger partial charge in [-0.1, -0.05) is 13.8 Å². The topological polar surface area (TPSA) is 0 Å². The fourth-order valence-corrected chi connectivity index (χ4v) is 1.15. The van der Waals surface area contributed by atoms with Crippen molar-refractivity contribution in [3.63, 3.8) is 0 Å². The molecule has 0 amide bonds. The van der Waals surface area contributed by atoms with Gasteiger partial charge in [0, 0.05) is 5.92 Å². The SMILES string of the molecule is CC1(C)CC1/C(F)=C(\F)CF. The zero-order chi connectivity index (χ0) is 8.65. The Balaban J connectivity index is 2.65. The molecule has 64 valence electrons. The predicted octanol–water partition coefficient (Wildman–Crippen LogP) is 3.15. The minimum atomic E-state index is -1.32. The number of hydrogen-bond donors (Lipinski definition) is 0. The highest BCUT2D eigenvalue weighted by molar-refractivity contribution is 5.16. The van der Waals surface area contributed by atoms with Gasteiger partial charge in [0.05, 0.1) is 0 Å². The van der Waals surface area contributed by atoms with Crippen LogP contribution in [-0.2, 0) is 0 Å². The summed E-state index contributed by atoms with van der Waals surface area (Å²) >= 11 is 0. The van der Waals surface area contributed by atoms with Gasteiger partial charge in [-0.15, -0.1) is 0 Å². The lowest BCUT2D eigenvalue weighted by atomic mass is 10.1. The number of halogens is 3. The third kappa shape index (κ3) is 1.57. The van der Waals surface area contributed by atoms with Gasteiger partial charge in [-0.25, -0.2) is 13.2 Å². The minimum Gasteiger partial charge on any atom is -0.243 e. The van der Waals surface area contributed by atoms with E-state index in [1.165, 1.54) is 0 Å². The molecule has 0 heterocycles. The molecule has 0 spiro atoms. The summed E-state index contributed by atoms with van der Waals surface area (Å²) in [6, 6.07) is 0. The summed E-state index contributed by atoms with van der Waals surface area (Å²) in [5.74, 6) is -2.52. The minimum absolute atomic E-state index is 0.170. The Hall–Kier alpha value is -0.470. The molecule has 0 aromatic heterocycles. The van der Waals surface area contributed by atoms with Crippen molar-refractivity contribution in [1.29, 1.82) is 0 Å². The van der Waals surface area contributed by atoms with Crippen molar-refractivity contribution in [3.05, 3.63) is 11.7 Å². The highest BCUT2D eigenvalue weighted by Crippen LogP contribution is 2.56. The van der Waals surface area contributed by atoms with E-state index in [0.717, 1.165) is 0 Å². The van der Waals surface area contributed by atoms with Crippen LogP contribution in [-0.4, -0.2) is 6.67 Å². The number of alkyl halides is 1. The van der Waals surface area contributed by atoms with E-state index in [1.54, 1.807) is 0 Å². The van der Waals surface area contributed by atoms with E-state index in [-0.39, 0.29) is 5.41 Å². The first-order valence-electron chi connectivity index (χ1n) is 3.59. The maximum absolute atomic E-state index is 12.7. The fraction of sp³-hybridized carbons (Fsp3) is 0.750. The quantitative estimate of drug-likeness (QED) is 0.588. The second-order valence-corrected chi connectivity index (χ2v) is 3.63. The Morgan fingerprint density at radius 2 is 1.91 bits per heavy atom. The molecule has 3 heteroatoms. The van der Waals surface area contributed by atoms with Crippen LogP contribution in [0.4, 0.5) is 13.2 Å². The molecule has 1 saturated carbocycles. The molecule has 11 heavy (non-hydrogen) atoms. The number of hydrogen-bond acceptors (Lipinski definition) is 0. The molecule has 1 rings (SSSR count). The van der Waals surface area contributed by atoms with Gasteiger partial charge in [-0.3, -0.25) is 0 Å². The van der Waals surface area contributed by atoms with E-state index < -0.39 is 24.2 Å². The monoisotopic (exact) mass is 164 g/mol. The van der Waals surface area contributed by atoms with Crippen LogP contribution < -0.4 is 0 Å². The van der Waals surface area contributed by atoms with Crippen LogP contribution in [0, 0.1) is 11.3 Å². The molecule has 0 nitrogen and oxygen atoms in total. The average molecular weight is 164 g/mol. The number of rotatable bonds is 2. The van der Waals surface area contributed by atoms with E-state index in [0.29, 0.717) is 6.42 Å². The first kappa shape index (κ1) is 8.62. The van der Waals surface area contributed by atoms with Gasteiger partial charge in [-0.2, -0.15) is 0 Å².